The van der Waals surface area contributed by atoms with Crippen LogP contribution in [-0.2, 0) is 17.8 Å². The summed E-state index contributed by atoms with van der Waals surface area (Å²) in [5.41, 5.74) is 4.16. The molecule has 1 aromatic carbocycles. The van der Waals surface area contributed by atoms with E-state index in [1.807, 2.05) is 43.3 Å². The zero-order valence-corrected chi connectivity index (χ0v) is 18.0. The Labute approximate surface area is 179 Å². The standard InChI is InChI=1S/C23H23N5OS/c1-14-8-7-11-17(26-14)13-25-22-21-20(16-9-5-4-6-10-16)15(2)30-23(21)28-18(27-22)12-19(29)24-3/h4-11H,12-13H2,1-3H3,(H,24,29)(H,25,27,28). The molecule has 0 fully saturated rings. The molecule has 6 nitrogen and oxygen atoms in total. The molecule has 1 amide bonds. The first-order valence-corrected chi connectivity index (χ1v) is 10.6. The van der Waals surface area contributed by atoms with Gasteiger partial charge in [-0.05, 0) is 31.5 Å². The van der Waals surface area contributed by atoms with E-state index in [4.69, 9.17) is 9.97 Å². The second-order valence-corrected chi connectivity index (χ2v) is 8.24. The summed E-state index contributed by atoms with van der Waals surface area (Å²) in [6.07, 6.45) is 0.140. The topological polar surface area (TPSA) is 79.8 Å². The predicted molar refractivity (Wildman–Crippen MR) is 122 cm³/mol. The second-order valence-electron chi connectivity index (χ2n) is 7.04. The lowest BCUT2D eigenvalue weighted by molar-refractivity contribution is -0.120. The van der Waals surface area contributed by atoms with Crippen LogP contribution in [0.4, 0.5) is 5.82 Å². The van der Waals surface area contributed by atoms with Crippen LogP contribution in [0.25, 0.3) is 21.3 Å². The van der Waals surface area contributed by atoms with Gasteiger partial charge in [0.1, 0.15) is 16.5 Å². The van der Waals surface area contributed by atoms with E-state index in [-0.39, 0.29) is 12.3 Å². The van der Waals surface area contributed by atoms with Gasteiger partial charge in [-0.2, -0.15) is 0 Å². The first-order chi connectivity index (χ1) is 14.5. The van der Waals surface area contributed by atoms with E-state index >= 15 is 0 Å². The molecule has 0 bridgehead atoms. The number of likely N-dealkylation sites (N-methyl/N-ethyl adjacent to an activating group) is 1. The molecule has 4 aromatic rings. The van der Waals surface area contributed by atoms with Gasteiger partial charge >= 0.3 is 0 Å². The molecular formula is C23H23N5OS. The van der Waals surface area contributed by atoms with Crippen LogP contribution in [0.15, 0.2) is 48.5 Å². The van der Waals surface area contributed by atoms with Gasteiger partial charge in [0.15, 0.2) is 0 Å². The largest absolute Gasteiger partial charge is 0.364 e. The molecule has 0 spiro atoms. The minimum absolute atomic E-state index is 0.114. The van der Waals surface area contributed by atoms with Gasteiger partial charge in [-0.25, -0.2) is 9.97 Å². The summed E-state index contributed by atoms with van der Waals surface area (Å²) < 4.78 is 0. The third-order valence-corrected chi connectivity index (χ3v) is 5.82. The highest BCUT2D eigenvalue weighted by Gasteiger charge is 2.19. The number of aryl methyl sites for hydroxylation is 2. The number of carbonyl (C=O) groups excluding carboxylic acids is 1. The Morgan fingerprint density at radius 2 is 1.80 bits per heavy atom. The molecule has 152 valence electrons. The van der Waals surface area contributed by atoms with E-state index < -0.39 is 0 Å². The normalized spacial score (nSPS) is 10.9. The fraction of sp³-hybridized carbons (Fsp3) is 0.217. The number of fused-ring (bicyclic) bond motifs is 1. The summed E-state index contributed by atoms with van der Waals surface area (Å²) in [5.74, 6) is 1.12. The smallest absolute Gasteiger partial charge is 0.227 e. The first kappa shape index (κ1) is 20.0. The molecule has 0 aliphatic carbocycles. The highest BCUT2D eigenvalue weighted by atomic mass is 32.1. The maximum Gasteiger partial charge on any atom is 0.227 e. The van der Waals surface area contributed by atoms with Crippen molar-refractivity contribution in [3.8, 4) is 11.1 Å². The Hall–Kier alpha value is -3.32. The number of amides is 1. The highest BCUT2D eigenvalue weighted by molar-refractivity contribution is 7.19. The molecule has 0 radical (unpaired) electrons. The van der Waals surface area contributed by atoms with Crippen molar-refractivity contribution in [1.82, 2.24) is 20.3 Å². The quantitative estimate of drug-likeness (QED) is 0.490. The molecule has 0 saturated carbocycles. The van der Waals surface area contributed by atoms with Gasteiger partial charge in [-0.15, -0.1) is 11.3 Å². The zero-order valence-electron chi connectivity index (χ0n) is 17.2. The molecular weight excluding hydrogens is 394 g/mol. The van der Waals surface area contributed by atoms with Gasteiger partial charge in [0.2, 0.25) is 5.91 Å². The average Bonchev–Trinajstić information content (AvgIpc) is 3.08. The van der Waals surface area contributed by atoms with Crippen molar-refractivity contribution in [2.24, 2.45) is 0 Å². The van der Waals surface area contributed by atoms with Crippen molar-refractivity contribution in [3.63, 3.8) is 0 Å². The van der Waals surface area contributed by atoms with E-state index in [1.54, 1.807) is 18.4 Å². The van der Waals surface area contributed by atoms with Crippen LogP contribution in [-0.4, -0.2) is 27.9 Å². The molecule has 0 atom stereocenters. The van der Waals surface area contributed by atoms with Crippen molar-refractivity contribution >= 4 is 33.3 Å². The van der Waals surface area contributed by atoms with Crippen LogP contribution in [0.3, 0.4) is 0 Å². The molecule has 30 heavy (non-hydrogen) atoms. The lowest BCUT2D eigenvalue weighted by Gasteiger charge is -2.11. The minimum Gasteiger partial charge on any atom is -0.364 e. The lowest BCUT2D eigenvalue weighted by atomic mass is 10.0. The molecule has 0 aliphatic rings. The number of rotatable bonds is 6. The van der Waals surface area contributed by atoms with Crippen molar-refractivity contribution in [3.05, 3.63) is 70.6 Å². The minimum atomic E-state index is -0.114. The summed E-state index contributed by atoms with van der Waals surface area (Å²) in [6.45, 7) is 4.61. The fourth-order valence-corrected chi connectivity index (χ4v) is 4.48. The number of hydrogen-bond acceptors (Lipinski definition) is 6. The van der Waals surface area contributed by atoms with Crippen molar-refractivity contribution in [2.75, 3.05) is 12.4 Å². The number of thiophene rings is 1. The summed E-state index contributed by atoms with van der Waals surface area (Å²) in [7, 11) is 1.62. The van der Waals surface area contributed by atoms with Gasteiger partial charge < -0.3 is 10.6 Å². The van der Waals surface area contributed by atoms with Gasteiger partial charge in [0.05, 0.1) is 24.0 Å². The van der Waals surface area contributed by atoms with Crippen LogP contribution in [0.5, 0.6) is 0 Å². The molecule has 3 heterocycles. The Morgan fingerprint density at radius 3 is 2.53 bits per heavy atom. The molecule has 7 heteroatoms. The fourth-order valence-electron chi connectivity index (χ4n) is 3.42. The number of nitrogens with one attached hydrogen (secondary N) is 2. The molecule has 0 aliphatic heterocycles. The molecule has 0 saturated heterocycles. The van der Waals surface area contributed by atoms with E-state index in [0.717, 1.165) is 38.5 Å². The van der Waals surface area contributed by atoms with Crippen molar-refractivity contribution < 1.29 is 4.79 Å². The number of nitrogens with zero attached hydrogens (tertiary/aromatic N) is 3. The maximum absolute atomic E-state index is 11.9. The summed E-state index contributed by atoms with van der Waals surface area (Å²) >= 11 is 1.62. The van der Waals surface area contributed by atoms with E-state index in [0.29, 0.717) is 12.4 Å². The van der Waals surface area contributed by atoms with Crippen molar-refractivity contribution in [1.29, 1.82) is 0 Å². The third kappa shape index (κ3) is 4.16. The van der Waals surface area contributed by atoms with E-state index in [2.05, 4.69) is 34.7 Å². The number of benzene rings is 1. The number of pyridine rings is 1. The molecule has 2 N–H and O–H groups in total. The number of anilines is 1. The zero-order chi connectivity index (χ0) is 21.1. The maximum atomic E-state index is 11.9. The number of hydrogen-bond donors (Lipinski definition) is 2. The first-order valence-electron chi connectivity index (χ1n) is 9.77. The molecule has 4 rings (SSSR count). The SMILES string of the molecule is CNC(=O)Cc1nc(NCc2cccc(C)n2)c2c(-c3ccccc3)c(C)sc2n1. The third-order valence-electron chi connectivity index (χ3n) is 4.82. The predicted octanol–water partition coefficient (Wildman–Crippen LogP) is 4.27. The lowest BCUT2D eigenvalue weighted by Crippen LogP contribution is -2.21. The number of aromatic nitrogens is 3. The summed E-state index contributed by atoms with van der Waals surface area (Å²) in [4.78, 5) is 27.9. The van der Waals surface area contributed by atoms with E-state index in [1.165, 1.54) is 4.88 Å². The number of carbonyl (C=O) groups is 1. The van der Waals surface area contributed by atoms with Crippen molar-refractivity contribution in [2.45, 2.75) is 26.8 Å². The van der Waals surface area contributed by atoms with Gasteiger partial charge in [-0.3, -0.25) is 9.78 Å². The monoisotopic (exact) mass is 417 g/mol. The van der Waals surface area contributed by atoms with Crippen LogP contribution >= 0.6 is 11.3 Å². The molecule has 3 aromatic heterocycles. The highest BCUT2D eigenvalue weighted by Crippen LogP contribution is 2.40. The van der Waals surface area contributed by atoms with Crippen LogP contribution in [0, 0.1) is 13.8 Å². The Bertz CT molecular complexity index is 1200. The summed E-state index contributed by atoms with van der Waals surface area (Å²) in [5, 5.41) is 7.07. The van der Waals surface area contributed by atoms with Crippen LogP contribution in [0.1, 0.15) is 22.1 Å². The van der Waals surface area contributed by atoms with Crippen LogP contribution < -0.4 is 10.6 Å². The molecule has 0 unspecified atom stereocenters. The van der Waals surface area contributed by atoms with Gasteiger partial charge in [-0.1, -0.05) is 36.4 Å². The van der Waals surface area contributed by atoms with Crippen LogP contribution in [0.2, 0.25) is 0 Å². The van der Waals surface area contributed by atoms with Gasteiger partial charge in [0.25, 0.3) is 0 Å². The summed E-state index contributed by atoms with van der Waals surface area (Å²) in [6, 6.07) is 16.2. The Balaban J connectivity index is 1.82. The Kier molecular flexibility index (Phi) is 5.72. The Morgan fingerprint density at radius 1 is 1.00 bits per heavy atom. The second kappa shape index (κ2) is 8.59. The van der Waals surface area contributed by atoms with Gasteiger partial charge in [0, 0.05) is 23.2 Å². The average molecular weight is 418 g/mol. The van der Waals surface area contributed by atoms with E-state index in [9.17, 15) is 4.79 Å².